The Hall–Kier alpha value is -1.87. The third-order valence-corrected chi connectivity index (χ3v) is 6.23. The van der Waals surface area contributed by atoms with Crippen molar-refractivity contribution in [3.8, 4) is 0 Å². The second-order valence-electron chi connectivity index (χ2n) is 7.31. The predicted molar refractivity (Wildman–Crippen MR) is 123 cm³/mol. The molecule has 1 radical (unpaired) electrons. The van der Waals surface area contributed by atoms with Gasteiger partial charge in [0.2, 0.25) is 0 Å². The molecule has 0 atom stereocenters. The van der Waals surface area contributed by atoms with Crippen LogP contribution in [0, 0.1) is 6.04 Å². The Kier molecular flexibility index (Phi) is 9.68. The third kappa shape index (κ3) is 7.27. The molecule has 0 saturated heterocycles. The van der Waals surface area contributed by atoms with Crippen molar-refractivity contribution in [1.82, 2.24) is 9.97 Å². The lowest BCUT2D eigenvalue weighted by Gasteiger charge is -2.20. The first-order valence-electron chi connectivity index (χ1n) is 9.37. The van der Waals surface area contributed by atoms with E-state index in [9.17, 15) is 4.57 Å². The van der Waals surface area contributed by atoms with Crippen molar-refractivity contribution in [3.05, 3.63) is 42.7 Å². The van der Waals surface area contributed by atoms with E-state index in [1.54, 1.807) is 19.7 Å². The molecule has 0 amide bonds. The summed E-state index contributed by atoms with van der Waals surface area (Å²) in [5.74, 6) is 1.58. The summed E-state index contributed by atoms with van der Waals surface area (Å²) in [5, 5.41) is 7.67. The highest BCUT2D eigenvalue weighted by Gasteiger charge is 2.13. The van der Waals surface area contributed by atoms with E-state index < -0.39 is 7.14 Å². The number of nitrogens with one attached hydrogen (secondary N) is 2. The van der Waals surface area contributed by atoms with Crippen LogP contribution in [0.4, 0.5) is 17.3 Å². The lowest BCUT2D eigenvalue weighted by Crippen LogP contribution is -2.13. The number of aromatic nitrogens is 2. The molecule has 2 N–H and O–H groups in total. The highest BCUT2D eigenvalue weighted by molar-refractivity contribution is 7.70. The van der Waals surface area contributed by atoms with Crippen molar-refractivity contribution in [1.29, 1.82) is 0 Å². The van der Waals surface area contributed by atoms with Crippen molar-refractivity contribution in [3.63, 3.8) is 0 Å². The van der Waals surface area contributed by atoms with Gasteiger partial charge in [-0.05, 0) is 50.4 Å². The summed E-state index contributed by atoms with van der Waals surface area (Å²) >= 11 is 0. The molecular weight excluding hydrogens is 367 g/mol. The highest BCUT2D eigenvalue weighted by Crippen LogP contribution is 2.34. The second-order valence-corrected chi connectivity index (χ2v) is 10.5. The van der Waals surface area contributed by atoms with Crippen LogP contribution in [0.15, 0.2) is 36.7 Å². The first-order valence-corrected chi connectivity index (χ1v) is 12.0. The van der Waals surface area contributed by atoms with Crippen molar-refractivity contribution in [2.24, 2.45) is 0 Å². The summed E-state index contributed by atoms with van der Waals surface area (Å²) in [5.41, 5.74) is 0.922. The molecule has 1 fully saturated rings. The second kappa shape index (κ2) is 11.2. The maximum atomic E-state index is 12.1. The molecule has 5 nitrogen and oxygen atoms in total. The first kappa shape index (κ1) is 24.2. The van der Waals surface area contributed by atoms with Gasteiger partial charge in [-0.15, -0.1) is 0 Å². The molecule has 0 bridgehead atoms. The highest BCUT2D eigenvalue weighted by atomic mass is 31.2. The Labute approximate surface area is 171 Å². The number of nitrogens with zero attached hydrogens (tertiary/aromatic N) is 2. The van der Waals surface area contributed by atoms with E-state index in [4.69, 9.17) is 0 Å². The Morgan fingerprint density at radius 3 is 1.93 bits per heavy atom. The summed E-state index contributed by atoms with van der Waals surface area (Å²) in [6.45, 7) is 3.57. The summed E-state index contributed by atoms with van der Waals surface area (Å²) < 4.78 is 12.1. The van der Waals surface area contributed by atoms with Crippen molar-refractivity contribution in [2.45, 2.75) is 59.8 Å². The van der Waals surface area contributed by atoms with E-state index in [1.807, 2.05) is 30.3 Å². The van der Waals surface area contributed by atoms with E-state index in [0.29, 0.717) is 0 Å². The van der Waals surface area contributed by atoms with Crippen LogP contribution in [0.3, 0.4) is 0 Å². The number of anilines is 3. The van der Waals surface area contributed by atoms with E-state index >= 15 is 0 Å². The van der Waals surface area contributed by atoms with Gasteiger partial charge in [0.05, 0.1) is 6.04 Å². The van der Waals surface area contributed by atoms with E-state index in [1.165, 1.54) is 38.1 Å². The fourth-order valence-electron chi connectivity index (χ4n) is 3.18. The smallest absolute Gasteiger partial charge is 0.135 e. The molecule has 1 saturated carbocycles. The van der Waals surface area contributed by atoms with Crippen molar-refractivity contribution in [2.75, 3.05) is 24.0 Å². The summed E-state index contributed by atoms with van der Waals surface area (Å²) in [4.78, 5) is 8.66. The summed E-state index contributed by atoms with van der Waals surface area (Å²) in [6.07, 6.45) is 10.3. The normalized spacial score (nSPS) is 15.4. The van der Waals surface area contributed by atoms with Crippen LogP contribution in [0.25, 0.3) is 0 Å². The zero-order valence-electron chi connectivity index (χ0n) is 15.7. The minimum Gasteiger partial charge on any atom is -0.362 e. The van der Waals surface area contributed by atoms with Crippen LogP contribution in [0.2, 0.25) is 0 Å². The van der Waals surface area contributed by atoms with E-state index in [2.05, 4.69) is 20.6 Å². The van der Waals surface area contributed by atoms with Crippen LogP contribution in [0.5, 0.6) is 0 Å². The maximum absolute atomic E-state index is 12.1. The average molecular weight is 404 g/mol. The van der Waals surface area contributed by atoms with Gasteiger partial charge in [0.25, 0.3) is 0 Å². The van der Waals surface area contributed by atoms with E-state index in [-0.39, 0.29) is 14.9 Å². The van der Waals surface area contributed by atoms with Gasteiger partial charge in [0, 0.05) is 17.1 Å². The molecule has 28 heavy (non-hydrogen) atoms. The van der Waals surface area contributed by atoms with Crippen molar-refractivity contribution >= 4 is 29.8 Å². The van der Waals surface area contributed by atoms with E-state index in [0.717, 1.165) is 35.5 Å². The number of benzene rings is 1. The zero-order valence-corrected chi connectivity index (χ0v) is 16.6. The Balaban J connectivity index is 0.00000196. The molecule has 6 heteroatoms. The molecule has 3 rings (SSSR count). The number of hydrogen-bond donors (Lipinski definition) is 2. The molecule has 1 aliphatic rings. The standard InChI is InChI=1S/C20H28N4OP.2CH4/c1-26(2,25)18-12-10-17(11-13-18)24-20-14-19(21-15-22-20)23-16-8-6-4-3-5-7-9-16;;/h10-15H,3-9H2,1-2H3,(H2,21,22,23,24);2*1H4. The minimum absolute atomic E-state index is 0. The summed E-state index contributed by atoms with van der Waals surface area (Å²) in [7, 11) is -2.22. The Morgan fingerprint density at radius 2 is 1.36 bits per heavy atom. The van der Waals surface area contributed by atoms with Gasteiger partial charge in [-0.3, -0.25) is 0 Å². The quantitative estimate of drug-likeness (QED) is 0.563. The lowest BCUT2D eigenvalue weighted by atomic mass is 9.97. The van der Waals surface area contributed by atoms with Gasteiger partial charge in [-0.2, -0.15) is 0 Å². The summed E-state index contributed by atoms with van der Waals surface area (Å²) in [6, 6.07) is 11.0. The van der Waals surface area contributed by atoms with Crippen LogP contribution in [0.1, 0.15) is 59.8 Å². The van der Waals surface area contributed by atoms with Crippen LogP contribution in [-0.4, -0.2) is 23.3 Å². The monoisotopic (exact) mass is 403 g/mol. The van der Waals surface area contributed by atoms with Crippen LogP contribution in [-0.2, 0) is 4.57 Å². The first-order chi connectivity index (χ1) is 12.5. The van der Waals surface area contributed by atoms with Crippen LogP contribution >= 0.6 is 7.14 Å². The molecule has 155 valence electrons. The molecule has 0 unspecified atom stereocenters. The molecule has 1 aromatic heterocycles. The fraction of sp³-hybridized carbons (Fsp3) is 0.500. The van der Waals surface area contributed by atoms with Crippen LogP contribution < -0.4 is 15.9 Å². The van der Waals surface area contributed by atoms with Gasteiger partial charge in [-0.25, -0.2) is 9.97 Å². The Morgan fingerprint density at radius 1 is 0.821 bits per heavy atom. The number of hydrogen-bond acceptors (Lipinski definition) is 5. The van der Waals surface area contributed by atoms with Gasteiger partial charge in [-0.1, -0.05) is 47.0 Å². The van der Waals surface area contributed by atoms with Crippen molar-refractivity contribution < 1.29 is 4.57 Å². The molecule has 1 aromatic carbocycles. The molecule has 0 aliphatic heterocycles. The molecule has 2 aromatic rings. The largest absolute Gasteiger partial charge is 0.362 e. The molecule has 1 aliphatic carbocycles. The Bertz CT molecular complexity index is 749. The zero-order chi connectivity index (χ0) is 18.4. The molecule has 0 spiro atoms. The third-order valence-electron chi connectivity index (χ3n) is 4.69. The fourth-order valence-corrected chi connectivity index (χ4v) is 4.05. The topological polar surface area (TPSA) is 66.9 Å². The van der Waals surface area contributed by atoms with Gasteiger partial charge in [0.15, 0.2) is 0 Å². The molecule has 1 heterocycles. The predicted octanol–water partition coefficient (Wildman–Crippen LogP) is 6.43. The average Bonchev–Trinajstić information content (AvgIpc) is 2.57. The van der Waals surface area contributed by atoms with Gasteiger partial charge >= 0.3 is 0 Å². The van der Waals surface area contributed by atoms with Gasteiger partial charge < -0.3 is 15.2 Å². The molecular formula is C22H36N4OP. The van der Waals surface area contributed by atoms with Gasteiger partial charge in [0.1, 0.15) is 25.1 Å². The maximum Gasteiger partial charge on any atom is 0.135 e. The SMILES string of the molecule is C.C.CP(C)(=O)c1ccc(Nc2cc(N[C]3CCCCCCC3)ncn2)cc1. The lowest BCUT2D eigenvalue weighted by molar-refractivity contribution is 0.532. The number of rotatable bonds is 5. The minimum atomic E-state index is -2.22.